The van der Waals surface area contributed by atoms with Gasteiger partial charge < -0.3 is 9.30 Å². The third-order valence-corrected chi connectivity index (χ3v) is 6.98. The molecule has 0 amide bonds. The number of aromatic nitrogens is 5. The average Bonchev–Trinajstić information content (AvgIpc) is 3.22. The molecule has 1 aromatic carbocycles. The van der Waals surface area contributed by atoms with Crippen molar-refractivity contribution in [1.29, 1.82) is 0 Å². The van der Waals surface area contributed by atoms with Crippen LogP contribution in [0.4, 0.5) is 4.39 Å². The molecule has 0 radical (unpaired) electrons. The number of carbonyl (C=O) groups excluding carboxylic acids is 1. The highest BCUT2D eigenvalue weighted by atomic mass is 35.5. The molecule has 0 atom stereocenters. The Morgan fingerprint density at radius 3 is 2.77 bits per heavy atom. The molecule has 4 rings (SSSR count). The standard InChI is InChI=1S/C21H23ClFN5O2Si/c1-27-17-8-14(22)7-15(23)18(17)20(26-27)16-9-24-21-19(25-16)13(11-29)10-28(21)12-30-5-6-31(2,3)4/h7-11H,5-6,12H2,1-4H3. The maximum Gasteiger partial charge on any atom is 0.161 e. The molecule has 0 N–H and O–H groups in total. The molecule has 0 fully saturated rings. The zero-order valence-electron chi connectivity index (χ0n) is 17.8. The van der Waals surface area contributed by atoms with Crippen LogP contribution in [0.5, 0.6) is 0 Å². The normalized spacial score (nSPS) is 12.2. The lowest BCUT2D eigenvalue weighted by atomic mass is 10.1. The van der Waals surface area contributed by atoms with Gasteiger partial charge in [-0.15, -0.1) is 0 Å². The molecule has 0 bridgehead atoms. The van der Waals surface area contributed by atoms with Gasteiger partial charge >= 0.3 is 0 Å². The highest BCUT2D eigenvalue weighted by Gasteiger charge is 2.20. The lowest BCUT2D eigenvalue weighted by molar-refractivity contribution is 0.0897. The van der Waals surface area contributed by atoms with Gasteiger partial charge in [0.15, 0.2) is 11.9 Å². The Balaban J connectivity index is 1.72. The number of fused-ring (bicyclic) bond motifs is 2. The number of hydrogen-bond acceptors (Lipinski definition) is 5. The van der Waals surface area contributed by atoms with Crippen LogP contribution in [-0.2, 0) is 18.5 Å². The van der Waals surface area contributed by atoms with Crippen molar-refractivity contribution >= 4 is 48.0 Å². The highest BCUT2D eigenvalue weighted by molar-refractivity contribution is 6.76. The summed E-state index contributed by atoms with van der Waals surface area (Å²) >= 11 is 5.99. The first-order valence-electron chi connectivity index (χ1n) is 9.89. The molecular formula is C21H23ClFN5O2Si. The van der Waals surface area contributed by atoms with Crippen molar-refractivity contribution in [3.63, 3.8) is 0 Å². The van der Waals surface area contributed by atoms with Crippen molar-refractivity contribution in [1.82, 2.24) is 24.3 Å². The van der Waals surface area contributed by atoms with E-state index >= 15 is 0 Å². The van der Waals surface area contributed by atoms with Gasteiger partial charge in [-0.05, 0) is 18.2 Å². The molecule has 3 aromatic heterocycles. The molecule has 3 heterocycles. The smallest absolute Gasteiger partial charge is 0.161 e. The van der Waals surface area contributed by atoms with Crippen molar-refractivity contribution in [3.8, 4) is 11.4 Å². The minimum Gasteiger partial charge on any atom is -0.361 e. The number of benzene rings is 1. The predicted octanol–water partition coefficient (Wildman–Crippen LogP) is 4.90. The topological polar surface area (TPSA) is 74.8 Å². The summed E-state index contributed by atoms with van der Waals surface area (Å²) in [6, 6.07) is 3.94. The van der Waals surface area contributed by atoms with Gasteiger partial charge in [-0.1, -0.05) is 31.2 Å². The number of halogens is 2. The Labute approximate surface area is 184 Å². The SMILES string of the molecule is Cn1nc(-c2cnc3c(n2)c(C=O)cn3COCC[Si](C)(C)C)c2c(F)cc(Cl)cc21. The molecule has 0 saturated carbocycles. The first-order chi connectivity index (χ1) is 14.7. The molecule has 0 aliphatic carbocycles. The number of hydrogen-bond donors (Lipinski definition) is 0. The fourth-order valence-corrected chi connectivity index (χ4v) is 4.36. The van der Waals surface area contributed by atoms with E-state index in [-0.39, 0.29) is 11.8 Å². The number of carbonyl (C=O) groups is 1. The molecule has 10 heteroatoms. The Morgan fingerprint density at radius 1 is 1.29 bits per heavy atom. The summed E-state index contributed by atoms with van der Waals surface area (Å²) in [4.78, 5) is 20.7. The Hall–Kier alpha value is -2.62. The van der Waals surface area contributed by atoms with Gasteiger partial charge in [0.1, 0.15) is 29.5 Å². The van der Waals surface area contributed by atoms with Crippen molar-refractivity contribution in [2.75, 3.05) is 6.61 Å². The quantitative estimate of drug-likeness (QED) is 0.223. The average molecular weight is 460 g/mol. The largest absolute Gasteiger partial charge is 0.361 e. The number of aryl methyl sites for hydroxylation is 1. The predicted molar refractivity (Wildman–Crippen MR) is 122 cm³/mol. The van der Waals surface area contributed by atoms with Crippen LogP contribution >= 0.6 is 11.6 Å². The van der Waals surface area contributed by atoms with Crippen LogP contribution in [0.1, 0.15) is 10.4 Å². The summed E-state index contributed by atoms with van der Waals surface area (Å²) in [6.07, 6.45) is 3.94. The van der Waals surface area contributed by atoms with Gasteiger partial charge in [-0.3, -0.25) is 9.48 Å². The van der Waals surface area contributed by atoms with Crippen LogP contribution in [0.3, 0.4) is 0 Å². The Morgan fingerprint density at radius 2 is 2.06 bits per heavy atom. The summed E-state index contributed by atoms with van der Waals surface area (Å²) in [5.74, 6) is -0.489. The van der Waals surface area contributed by atoms with Crippen LogP contribution < -0.4 is 0 Å². The van der Waals surface area contributed by atoms with E-state index in [1.54, 1.807) is 28.6 Å². The lowest BCUT2D eigenvalue weighted by Gasteiger charge is -2.15. The zero-order valence-corrected chi connectivity index (χ0v) is 19.6. The van der Waals surface area contributed by atoms with Gasteiger partial charge in [0.2, 0.25) is 0 Å². The maximum absolute atomic E-state index is 14.7. The summed E-state index contributed by atoms with van der Waals surface area (Å²) in [5.41, 5.74) is 2.61. The fraction of sp³-hybridized carbons (Fsp3) is 0.333. The molecule has 0 spiro atoms. The van der Waals surface area contributed by atoms with Crippen LogP contribution in [-0.4, -0.2) is 45.3 Å². The van der Waals surface area contributed by atoms with E-state index in [4.69, 9.17) is 16.3 Å². The van der Waals surface area contributed by atoms with E-state index in [0.717, 1.165) is 12.3 Å². The van der Waals surface area contributed by atoms with E-state index in [1.807, 2.05) is 0 Å². The van der Waals surface area contributed by atoms with E-state index < -0.39 is 13.9 Å². The highest BCUT2D eigenvalue weighted by Crippen LogP contribution is 2.32. The summed E-state index contributed by atoms with van der Waals surface area (Å²) in [5, 5.41) is 5.01. The molecule has 7 nitrogen and oxygen atoms in total. The third-order valence-electron chi connectivity index (χ3n) is 5.06. The molecule has 0 aliphatic rings. The minimum absolute atomic E-state index is 0.280. The van der Waals surface area contributed by atoms with Gasteiger partial charge in [0.25, 0.3) is 0 Å². The first-order valence-corrected chi connectivity index (χ1v) is 14.0. The van der Waals surface area contributed by atoms with Gasteiger partial charge in [-0.2, -0.15) is 5.10 Å². The summed E-state index contributed by atoms with van der Waals surface area (Å²) in [7, 11) is 0.516. The Kier molecular flexibility index (Phi) is 5.67. The second-order valence-corrected chi connectivity index (χ2v) is 14.8. The molecule has 0 aliphatic heterocycles. The van der Waals surface area contributed by atoms with E-state index in [2.05, 4.69) is 34.7 Å². The summed E-state index contributed by atoms with van der Waals surface area (Å²) < 4.78 is 23.8. The number of aldehydes is 1. The maximum atomic E-state index is 14.7. The zero-order chi connectivity index (χ0) is 22.3. The number of nitrogens with zero attached hydrogens (tertiary/aromatic N) is 5. The second-order valence-electron chi connectivity index (χ2n) is 8.70. The third kappa shape index (κ3) is 4.25. The molecule has 0 saturated heterocycles. The monoisotopic (exact) mass is 459 g/mol. The molecule has 31 heavy (non-hydrogen) atoms. The van der Waals surface area contributed by atoms with E-state index in [0.29, 0.717) is 45.6 Å². The van der Waals surface area contributed by atoms with Gasteiger partial charge in [0.05, 0.1) is 22.7 Å². The van der Waals surface area contributed by atoms with Crippen LogP contribution in [0.2, 0.25) is 30.7 Å². The molecule has 0 unspecified atom stereocenters. The molecule has 162 valence electrons. The van der Waals surface area contributed by atoms with Crippen LogP contribution in [0.15, 0.2) is 24.5 Å². The van der Waals surface area contributed by atoms with Crippen LogP contribution in [0, 0.1) is 5.82 Å². The minimum atomic E-state index is -1.19. The van der Waals surface area contributed by atoms with Crippen LogP contribution in [0.25, 0.3) is 33.5 Å². The first kappa shape index (κ1) is 21.6. The Bertz CT molecular complexity index is 1290. The fourth-order valence-electron chi connectivity index (χ4n) is 3.40. The van der Waals surface area contributed by atoms with E-state index in [9.17, 15) is 9.18 Å². The van der Waals surface area contributed by atoms with Gasteiger partial charge in [0, 0.05) is 32.9 Å². The van der Waals surface area contributed by atoms with Crippen molar-refractivity contribution in [3.05, 3.63) is 40.9 Å². The number of rotatable bonds is 7. The van der Waals surface area contributed by atoms with Crippen molar-refractivity contribution < 1.29 is 13.9 Å². The second kappa shape index (κ2) is 8.14. The summed E-state index contributed by atoms with van der Waals surface area (Å²) in [6.45, 7) is 7.80. The number of ether oxygens (including phenoxy) is 1. The molecular weight excluding hydrogens is 437 g/mol. The van der Waals surface area contributed by atoms with E-state index in [1.165, 1.54) is 12.3 Å². The lowest BCUT2D eigenvalue weighted by Crippen LogP contribution is -2.22. The van der Waals surface area contributed by atoms with Crippen molar-refractivity contribution in [2.45, 2.75) is 32.4 Å². The van der Waals surface area contributed by atoms with Crippen molar-refractivity contribution in [2.24, 2.45) is 7.05 Å². The molecule has 4 aromatic rings. The van der Waals surface area contributed by atoms with Gasteiger partial charge in [-0.25, -0.2) is 14.4 Å².